The molecule has 2 aromatic carbocycles. The Balaban J connectivity index is 1.89. The van der Waals surface area contributed by atoms with Crippen molar-refractivity contribution in [1.82, 2.24) is 4.72 Å². The number of methoxy groups -OCH3 is 1. The van der Waals surface area contributed by atoms with Crippen molar-refractivity contribution in [3.8, 4) is 0 Å². The summed E-state index contributed by atoms with van der Waals surface area (Å²) >= 11 is 0. The fraction of sp³-hybridized carbons (Fsp3) is 0.316. The lowest BCUT2D eigenvalue weighted by Gasteiger charge is -2.10. The van der Waals surface area contributed by atoms with E-state index >= 15 is 0 Å². The summed E-state index contributed by atoms with van der Waals surface area (Å²) in [4.78, 5) is 12.2. The standard InChI is InChI=1S/C19H24N2O4S/c1-14-7-8-18(11-15(14)2)26(23,24)20-10-9-19(22)21-17-6-4-5-16(12-17)13-25-3/h4-8,11-12,20H,9-10,13H2,1-3H3,(H,21,22). The number of nitrogens with one attached hydrogen (secondary N) is 2. The predicted molar refractivity (Wildman–Crippen MR) is 102 cm³/mol. The first kappa shape index (κ1) is 20.1. The van der Waals surface area contributed by atoms with Crippen molar-refractivity contribution < 1.29 is 17.9 Å². The fourth-order valence-corrected chi connectivity index (χ4v) is 3.51. The number of anilines is 1. The van der Waals surface area contributed by atoms with E-state index in [0.717, 1.165) is 16.7 Å². The van der Waals surface area contributed by atoms with E-state index in [2.05, 4.69) is 10.0 Å². The number of carbonyl (C=O) groups is 1. The van der Waals surface area contributed by atoms with Gasteiger partial charge < -0.3 is 10.1 Å². The van der Waals surface area contributed by atoms with Gasteiger partial charge in [-0.2, -0.15) is 0 Å². The summed E-state index contributed by atoms with van der Waals surface area (Å²) in [6.07, 6.45) is 0.0403. The first-order valence-electron chi connectivity index (χ1n) is 8.26. The van der Waals surface area contributed by atoms with Gasteiger partial charge in [0.1, 0.15) is 0 Å². The molecule has 0 unspecified atom stereocenters. The zero-order valence-corrected chi connectivity index (χ0v) is 16.0. The average Bonchev–Trinajstić information content (AvgIpc) is 2.57. The van der Waals surface area contributed by atoms with Gasteiger partial charge in [0.15, 0.2) is 0 Å². The third-order valence-electron chi connectivity index (χ3n) is 3.95. The molecule has 0 radical (unpaired) electrons. The zero-order valence-electron chi connectivity index (χ0n) is 15.2. The Morgan fingerprint density at radius 3 is 2.54 bits per heavy atom. The number of hydrogen-bond donors (Lipinski definition) is 2. The first-order chi connectivity index (χ1) is 12.3. The second-order valence-corrected chi connectivity index (χ2v) is 7.84. The zero-order chi connectivity index (χ0) is 19.2. The molecule has 0 atom stereocenters. The van der Waals surface area contributed by atoms with E-state index in [0.29, 0.717) is 12.3 Å². The molecule has 0 aliphatic carbocycles. The van der Waals surface area contributed by atoms with Crippen LogP contribution in [0.1, 0.15) is 23.1 Å². The molecule has 0 heterocycles. The molecule has 1 amide bonds. The monoisotopic (exact) mass is 376 g/mol. The maximum atomic E-state index is 12.3. The van der Waals surface area contributed by atoms with Gasteiger partial charge in [0.2, 0.25) is 15.9 Å². The van der Waals surface area contributed by atoms with Crippen LogP contribution in [-0.4, -0.2) is 28.0 Å². The maximum absolute atomic E-state index is 12.3. The molecule has 0 fully saturated rings. The lowest BCUT2D eigenvalue weighted by atomic mass is 10.1. The van der Waals surface area contributed by atoms with Gasteiger partial charge in [-0.05, 0) is 54.8 Å². The van der Waals surface area contributed by atoms with Crippen LogP contribution in [0, 0.1) is 13.8 Å². The number of carbonyl (C=O) groups excluding carboxylic acids is 1. The van der Waals surface area contributed by atoms with Crippen LogP contribution in [0.5, 0.6) is 0 Å². The predicted octanol–water partition coefficient (Wildman–Crippen LogP) is 2.76. The number of rotatable bonds is 8. The van der Waals surface area contributed by atoms with E-state index in [4.69, 9.17) is 4.74 Å². The molecule has 140 valence electrons. The van der Waals surface area contributed by atoms with Gasteiger partial charge in [-0.1, -0.05) is 18.2 Å². The number of sulfonamides is 1. The number of aryl methyl sites for hydroxylation is 2. The minimum atomic E-state index is -3.63. The molecule has 2 N–H and O–H groups in total. The molecule has 0 saturated heterocycles. The van der Waals surface area contributed by atoms with Crippen molar-refractivity contribution in [3.05, 3.63) is 59.2 Å². The van der Waals surface area contributed by atoms with E-state index in [9.17, 15) is 13.2 Å². The minimum absolute atomic E-state index is 0.0266. The Morgan fingerprint density at radius 2 is 1.85 bits per heavy atom. The number of hydrogen-bond acceptors (Lipinski definition) is 4. The highest BCUT2D eigenvalue weighted by molar-refractivity contribution is 7.89. The van der Waals surface area contributed by atoms with Gasteiger partial charge in [-0.15, -0.1) is 0 Å². The van der Waals surface area contributed by atoms with Crippen molar-refractivity contribution in [1.29, 1.82) is 0 Å². The van der Waals surface area contributed by atoms with Gasteiger partial charge in [-0.3, -0.25) is 4.79 Å². The number of benzene rings is 2. The summed E-state index contributed by atoms with van der Waals surface area (Å²) in [6.45, 7) is 4.27. The normalized spacial score (nSPS) is 11.3. The summed E-state index contributed by atoms with van der Waals surface area (Å²) in [7, 11) is -2.02. The summed E-state index contributed by atoms with van der Waals surface area (Å²) in [6, 6.07) is 12.3. The molecule has 2 aromatic rings. The van der Waals surface area contributed by atoms with E-state index in [1.165, 1.54) is 0 Å². The van der Waals surface area contributed by atoms with Crippen LogP contribution in [0.25, 0.3) is 0 Å². The minimum Gasteiger partial charge on any atom is -0.380 e. The summed E-state index contributed by atoms with van der Waals surface area (Å²) in [5, 5.41) is 2.75. The van der Waals surface area contributed by atoms with Gasteiger partial charge >= 0.3 is 0 Å². The van der Waals surface area contributed by atoms with Gasteiger partial charge in [0, 0.05) is 25.8 Å². The van der Waals surface area contributed by atoms with Crippen LogP contribution < -0.4 is 10.0 Å². The highest BCUT2D eigenvalue weighted by atomic mass is 32.2. The highest BCUT2D eigenvalue weighted by Gasteiger charge is 2.15. The van der Waals surface area contributed by atoms with Crippen LogP contribution in [0.15, 0.2) is 47.4 Å². The molecule has 0 spiro atoms. The van der Waals surface area contributed by atoms with E-state index in [-0.39, 0.29) is 23.8 Å². The fourth-order valence-electron chi connectivity index (χ4n) is 2.39. The molecule has 0 aliphatic rings. The van der Waals surface area contributed by atoms with Crippen LogP contribution in [-0.2, 0) is 26.2 Å². The van der Waals surface area contributed by atoms with E-state index in [1.54, 1.807) is 31.4 Å². The molecule has 0 aliphatic heterocycles. The quantitative estimate of drug-likeness (QED) is 0.742. The third-order valence-corrected chi connectivity index (χ3v) is 5.41. The summed E-state index contributed by atoms with van der Waals surface area (Å²) in [5.74, 6) is -0.262. The summed E-state index contributed by atoms with van der Waals surface area (Å²) in [5.41, 5.74) is 3.53. The topological polar surface area (TPSA) is 84.5 Å². The Morgan fingerprint density at radius 1 is 1.08 bits per heavy atom. The van der Waals surface area contributed by atoms with Crippen molar-refractivity contribution in [2.75, 3.05) is 19.0 Å². The molecule has 6 nitrogen and oxygen atoms in total. The Bertz CT molecular complexity index is 879. The smallest absolute Gasteiger partial charge is 0.240 e. The van der Waals surface area contributed by atoms with Gasteiger partial charge in [-0.25, -0.2) is 13.1 Å². The van der Waals surface area contributed by atoms with E-state index < -0.39 is 10.0 Å². The molecule has 7 heteroatoms. The number of ether oxygens (including phenoxy) is 1. The van der Waals surface area contributed by atoms with Crippen LogP contribution in [0.2, 0.25) is 0 Å². The largest absolute Gasteiger partial charge is 0.380 e. The van der Waals surface area contributed by atoms with Crippen molar-refractivity contribution in [3.63, 3.8) is 0 Å². The third kappa shape index (κ3) is 5.66. The van der Waals surface area contributed by atoms with Crippen LogP contribution in [0.3, 0.4) is 0 Å². The van der Waals surface area contributed by atoms with Crippen molar-refractivity contribution in [2.24, 2.45) is 0 Å². The SMILES string of the molecule is COCc1cccc(NC(=O)CCNS(=O)(=O)c2ccc(C)c(C)c2)c1. The molecule has 0 saturated carbocycles. The first-order valence-corrected chi connectivity index (χ1v) is 9.75. The van der Waals surface area contributed by atoms with Crippen molar-refractivity contribution >= 4 is 21.6 Å². The van der Waals surface area contributed by atoms with Crippen LogP contribution in [0.4, 0.5) is 5.69 Å². The second kappa shape index (κ2) is 8.93. The second-order valence-electron chi connectivity index (χ2n) is 6.08. The van der Waals surface area contributed by atoms with Crippen LogP contribution >= 0.6 is 0 Å². The molecule has 0 bridgehead atoms. The molecular formula is C19H24N2O4S. The van der Waals surface area contributed by atoms with Gasteiger partial charge in [0.25, 0.3) is 0 Å². The Labute approximate surface area is 154 Å². The molecule has 0 aromatic heterocycles. The van der Waals surface area contributed by atoms with Gasteiger partial charge in [0.05, 0.1) is 11.5 Å². The molecule has 2 rings (SSSR count). The highest BCUT2D eigenvalue weighted by Crippen LogP contribution is 2.15. The van der Waals surface area contributed by atoms with E-state index in [1.807, 2.05) is 32.0 Å². The number of amides is 1. The molecular weight excluding hydrogens is 352 g/mol. The Kier molecular flexibility index (Phi) is 6.90. The summed E-state index contributed by atoms with van der Waals surface area (Å²) < 4.78 is 32.1. The lowest BCUT2D eigenvalue weighted by molar-refractivity contribution is -0.116. The average molecular weight is 376 g/mol. The Hall–Kier alpha value is -2.22. The van der Waals surface area contributed by atoms with Crippen molar-refractivity contribution in [2.45, 2.75) is 31.8 Å². The lowest BCUT2D eigenvalue weighted by Crippen LogP contribution is -2.28. The molecule has 26 heavy (non-hydrogen) atoms. The maximum Gasteiger partial charge on any atom is 0.240 e.